The second kappa shape index (κ2) is 37.6. The minimum Gasteiger partial charge on any atom is -0.394 e. The molecule has 5 nitrogen and oxygen atoms in total. The van der Waals surface area contributed by atoms with E-state index >= 15 is 0 Å². The van der Waals surface area contributed by atoms with Gasteiger partial charge in [-0.3, -0.25) is 4.79 Å². The van der Waals surface area contributed by atoms with Gasteiger partial charge in [-0.05, 0) is 32.1 Å². The third kappa shape index (κ3) is 34.5. The highest BCUT2D eigenvalue weighted by Gasteiger charge is 2.20. The molecule has 0 spiro atoms. The number of hydrogen-bond donors (Lipinski definition) is 4. The second-order valence-corrected chi connectivity index (χ2v) is 14.2. The maximum absolute atomic E-state index is 12.3. The van der Waals surface area contributed by atoms with E-state index in [4.69, 9.17) is 0 Å². The van der Waals surface area contributed by atoms with Crippen LogP contribution in [0.1, 0.15) is 213 Å². The van der Waals surface area contributed by atoms with Crippen molar-refractivity contribution in [3.63, 3.8) is 0 Å². The van der Waals surface area contributed by atoms with Gasteiger partial charge in [0.05, 0.1) is 31.3 Å². The predicted octanol–water partition coefficient (Wildman–Crippen LogP) is 11.4. The maximum atomic E-state index is 12.3. The van der Waals surface area contributed by atoms with Gasteiger partial charge >= 0.3 is 0 Å². The van der Waals surface area contributed by atoms with E-state index in [1.807, 2.05) is 6.08 Å². The molecule has 4 N–H and O–H groups in total. The lowest BCUT2D eigenvalue weighted by Gasteiger charge is -2.21. The van der Waals surface area contributed by atoms with E-state index in [-0.39, 0.29) is 18.9 Å². The molecule has 0 bridgehead atoms. The summed E-state index contributed by atoms with van der Waals surface area (Å²) in [6.07, 6.45) is 44.7. The Hall–Kier alpha value is -1.17. The van der Waals surface area contributed by atoms with Crippen molar-refractivity contribution in [1.82, 2.24) is 5.32 Å². The van der Waals surface area contributed by atoms with E-state index in [2.05, 4.69) is 31.3 Å². The average molecular weight is 664 g/mol. The zero-order valence-electron chi connectivity index (χ0n) is 31.4. The summed E-state index contributed by atoms with van der Waals surface area (Å²) in [5.74, 6) is -0.327. The van der Waals surface area contributed by atoms with Crippen LogP contribution in [0.2, 0.25) is 0 Å². The molecule has 0 aromatic rings. The van der Waals surface area contributed by atoms with Gasteiger partial charge in [0.1, 0.15) is 0 Å². The molecule has 0 aliphatic rings. The van der Waals surface area contributed by atoms with E-state index in [1.165, 1.54) is 154 Å². The van der Waals surface area contributed by atoms with Crippen LogP contribution in [0.5, 0.6) is 0 Å². The smallest absolute Gasteiger partial charge is 0.222 e. The van der Waals surface area contributed by atoms with Crippen LogP contribution in [0, 0.1) is 0 Å². The highest BCUT2D eigenvalue weighted by atomic mass is 16.3. The fraction of sp³-hybridized carbons (Fsp3) is 0.881. The minimum atomic E-state index is -0.947. The molecule has 0 saturated heterocycles. The highest BCUT2D eigenvalue weighted by molar-refractivity contribution is 5.76. The van der Waals surface area contributed by atoms with Crippen LogP contribution in [0.25, 0.3) is 0 Å². The molecule has 0 aliphatic heterocycles. The van der Waals surface area contributed by atoms with E-state index in [0.717, 1.165) is 32.1 Å². The molecule has 0 aliphatic carbocycles. The summed E-state index contributed by atoms with van der Waals surface area (Å²) in [7, 11) is 0. The summed E-state index contributed by atoms with van der Waals surface area (Å²) in [5.41, 5.74) is 0. The molecule has 5 heteroatoms. The van der Waals surface area contributed by atoms with E-state index in [0.29, 0.717) is 6.42 Å². The van der Waals surface area contributed by atoms with Gasteiger partial charge in [-0.15, -0.1) is 0 Å². The molecule has 278 valence electrons. The van der Waals surface area contributed by atoms with Crippen molar-refractivity contribution in [2.75, 3.05) is 6.61 Å². The third-order valence-electron chi connectivity index (χ3n) is 9.49. The summed E-state index contributed by atoms with van der Waals surface area (Å²) < 4.78 is 0. The monoisotopic (exact) mass is 664 g/mol. The Morgan fingerprint density at radius 1 is 0.532 bits per heavy atom. The molecule has 0 aromatic heterocycles. The zero-order chi connectivity index (χ0) is 34.5. The maximum Gasteiger partial charge on any atom is 0.222 e. The minimum absolute atomic E-state index is 0.00812. The van der Waals surface area contributed by atoms with Gasteiger partial charge in [-0.25, -0.2) is 0 Å². The number of aliphatic hydroxyl groups excluding tert-OH is 3. The van der Waals surface area contributed by atoms with Gasteiger partial charge in [0.2, 0.25) is 5.91 Å². The molecule has 0 fully saturated rings. The fourth-order valence-electron chi connectivity index (χ4n) is 6.30. The Bertz CT molecular complexity index is 694. The lowest BCUT2D eigenvalue weighted by atomic mass is 10.0. The number of rotatable bonds is 37. The quantitative estimate of drug-likeness (QED) is 0.0393. The molecule has 3 atom stereocenters. The van der Waals surface area contributed by atoms with Crippen LogP contribution in [0.4, 0.5) is 0 Å². The van der Waals surface area contributed by atoms with Crippen molar-refractivity contribution in [3.05, 3.63) is 24.3 Å². The van der Waals surface area contributed by atoms with Gasteiger partial charge < -0.3 is 20.6 Å². The van der Waals surface area contributed by atoms with Crippen LogP contribution in [0.3, 0.4) is 0 Å². The van der Waals surface area contributed by atoms with Crippen LogP contribution in [-0.4, -0.2) is 46.1 Å². The Morgan fingerprint density at radius 2 is 0.915 bits per heavy atom. The third-order valence-corrected chi connectivity index (χ3v) is 9.49. The molecule has 0 rings (SSSR count). The SMILES string of the molecule is CCCCCCCCCCCCCCCCCCC/C=C/CC/C=C/C(O)C(CO)NC(=O)CC(O)CCCCCCCCCCC. The Kier molecular flexibility index (Phi) is 36.7. The lowest BCUT2D eigenvalue weighted by Crippen LogP contribution is -2.45. The first-order chi connectivity index (χ1) is 23.0. The number of carbonyl (C=O) groups excluding carboxylic acids is 1. The molecule has 0 heterocycles. The Morgan fingerprint density at radius 3 is 1.36 bits per heavy atom. The number of aliphatic hydroxyl groups is 3. The summed E-state index contributed by atoms with van der Waals surface area (Å²) >= 11 is 0. The number of unbranched alkanes of at least 4 members (excludes halogenated alkanes) is 26. The van der Waals surface area contributed by atoms with Crippen LogP contribution < -0.4 is 5.32 Å². The van der Waals surface area contributed by atoms with Crippen molar-refractivity contribution < 1.29 is 20.1 Å². The molecule has 0 saturated carbocycles. The largest absolute Gasteiger partial charge is 0.394 e. The van der Waals surface area contributed by atoms with Crippen LogP contribution in [0.15, 0.2) is 24.3 Å². The zero-order valence-corrected chi connectivity index (χ0v) is 31.4. The van der Waals surface area contributed by atoms with E-state index in [9.17, 15) is 20.1 Å². The van der Waals surface area contributed by atoms with Crippen LogP contribution in [-0.2, 0) is 4.79 Å². The summed E-state index contributed by atoms with van der Waals surface area (Å²) in [6.45, 7) is 4.18. The van der Waals surface area contributed by atoms with Crippen molar-refractivity contribution in [1.29, 1.82) is 0 Å². The molecule has 0 radical (unpaired) electrons. The Balaban J connectivity index is 3.67. The molecule has 0 aromatic carbocycles. The van der Waals surface area contributed by atoms with Gasteiger partial charge in [0.15, 0.2) is 0 Å². The standard InChI is InChI=1S/C42H81NO4/c1-3-5-7-9-11-13-14-15-16-17-18-19-20-21-22-23-24-25-26-28-30-32-34-36-41(46)40(38-44)43-42(47)37-39(45)35-33-31-29-27-12-10-8-6-4-2/h26,28,34,36,39-41,44-46H,3-25,27,29-33,35,37-38H2,1-2H3,(H,43,47)/b28-26+,36-34+. The summed E-state index contributed by atoms with van der Waals surface area (Å²) in [6, 6.07) is -0.756. The Labute approximate surface area is 292 Å². The van der Waals surface area contributed by atoms with Crippen molar-refractivity contribution in [2.45, 2.75) is 231 Å². The molecular formula is C42H81NO4. The fourth-order valence-corrected chi connectivity index (χ4v) is 6.30. The molecule has 3 unspecified atom stereocenters. The van der Waals surface area contributed by atoms with E-state index < -0.39 is 18.2 Å². The van der Waals surface area contributed by atoms with Gasteiger partial charge in [-0.1, -0.05) is 199 Å². The van der Waals surface area contributed by atoms with Crippen molar-refractivity contribution in [3.8, 4) is 0 Å². The average Bonchev–Trinajstić information content (AvgIpc) is 3.06. The lowest BCUT2D eigenvalue weighted by molar-refractivity contribution is -0.124. The number of allylic oxidation sites excluding steroid dienone is 3. The normalized spacial score (nSPS) is 13.9. The predicted molar refractivity (Wildman–Crippen MR) is 204 cm³/mol. The highest BCUT2D eigenvalue weighted by Crippen LogP contribution is 2.15. The number of carbonyl (C=O) groups is 1. The molecule has 47 heavy (non-hydrogen) atoms. The van der Waals surface area contributed by atoms with Crippen molar-refractivity contribution >= 4 is 5.91 Å². The molecule has 1 amide bonds. The van der Waals surface area contributed by atoms with Gasteiger partial charge in [0, 0.05) is 0 Å². The van der Waals surface area contributed by atoms with Gasteiger partial charge in [0.25, 0.3) is 0 Å². The first kappa shape index (κ1) is 45.8. The summed E-state index contributed by atoms with van der Waals surface area (Å²) in [4.78, 5) is 12.3. The second-order valence-electron chi connectivity index (χ2n) is 14.2. The van der Waals surface area contributed by atoms with Crippen LogP contribution >= 0.6 is 0 Å². The van der Waals surface area contributed by atoms with E-state index in [1.54, 1.807) is 6.08 Å². The summed E-state index contributed by atoms with van der Waals surface area (Å²) in [5, 5.41) is 33.0. The first-order valence-electron chi connectivity index (χ1n) is 20.6. The number of amides is 1. The molecular weight excluding hydrogens is 582 g/mol. The topological polar surface area (TPSA) is 89.8 Å². The van der Waals surface area contributed by atoms with Crippen molar-refractivity contribution in [2.24, 2.45) is 0 Å². The van der Waals surface area contributed by atoms with Gasteiger partial charge in [-0.2, -0.15) is 0 Å². The number of hydrogen-bond acceptors (Lipinski definition) is 4. The first-order valence-corrected chi connectivity index (χ1v) is 20.6. The number of nitrogens with one attached hydrogen (secondary N) is 1.